The van der Waals surface area contributed by atoms with Crippen LogP contribution in [-0.4, -0.2) is 39.4 Å². The summed E-state index contributed by atoms with van der Waals surface area (Å²) in [5, 5.41) is 2.87. The summed E-state index contributed by atoms with van der Waals surface area (Å²) in [6.07, 6.45) is 0.254. The van der Waals surface area contributed by atoms with Gasteiger partial charge >= 0.3 is 5.97 Å². The Morgan fingerprint density at radius 2 is 2.25 bits per heavy atom. The predicted molar refractivity (Wildman–Crippen MR) is 46.0 cm³/mol. The van der Waals surface area contributed by atoms with Gasteiger partial charge in [0.1, 0.15) is 6.10 Å². The Morgan fingerprint density at radius 3 is 2.75 bits per heavy atom. The average Bonchev–Trinajstić information content (AvgIpc) is 2.01. The Hall–Kier alpha value is -0.610. The van der Waals surface area contributed by atoms with E-state index in [9.17, 15) is 4.79 Å². The van der Waals surface area contributed by atoms with Gasteiger partial charge in [-0.1, -0.05) is 0 Å². The Balaban J connectivity index is 3.40. The maximum absolute atomic E-state index is 11.0. The van der Waals surface area contributed by atoms with Gasteiger partial charge in [-0.15, -0.1) is 0 Å². The van der Waals surface area contributed by atoms with Crippen LogP contribution < -0.4 is 5.32 Å². The second kappa shape index (κ2) is 7.06. The molecule has 0 bridgehead atoms. The molecule has 0 rings (SSSR count). The lowest BCUT2D eigenvalue weighted by atomic mass is 10.4. The third-order valence-corrected chi connectivity index (χ3v) is 1.31. The van der Waals surface area contributed by atoms with E-state index in [2.05, 4.69) is 5.32 Å². The lowest BCUT2D eigenvalue weighted by Gasteiger charge is -2.11. The Bertz CT molecular complexity index is 127. The van der Waals surface area contributed by atoms with Crippen molar-refractivity contribution in [2.75, 3.05) is 27.3 Å². The summed E-state index contributed by atoms with van der Waals surface area (Å²) in [6.45, 7) is 2.91. The van der Waals surface area contributed by atoms with Gasteiger partial charge < -0.3 is 14.8 Å². The number of hydrogen-bond donors (Lipinski definition) is 1. The highest BCUT2D eigenvalue weighted by atomic mass is 16.6. The Kier molecular flexibility index (Phi) is 6.70. The van der Waals surface area contributed by atoms with E-state index in [1.807, 2.05) is 0 Å². The molecule has 4 nitrogen and oxygen atoms in total. The first-order valence-electron chi connectivity index (χ1n) is 4.03. The van der Waals surface area contributed by atoms with Crippen LogP contribution in [0.1, 0.15) is 13.3 Å². The molecule has 0 aromatic carbocycles. The maximum atomic E-state index is 11.0. The number of rotatable bonds is 6. The van der Waals surface area contributed by atoms with Crippen molar-refractivity contribution in [3.63, 3.8) is 0 Å². The minimum Gasteiger partial charge on any atom is -0.460 e. The van der Waals surface area contributed by atoms with Crippen LogP contribution in [0.2, 0.25) is 0 Å². The van der Waals surface area contributed by atoms with Crippen LogP contribution in [0, 0.1) is 0 Å². The van der Waals surface area contributed by atoms with Crippen LogP contribution in [0.3, 0.4) is 0 Å². The number of carbonyl (C=O) groups excluding carboxylic acids is 1. The topological polar surface area (TPSA) is 47.6 Å². The zero-order valence-electron chi connectivity index (χ0n) is 7.92. The number of esters is 1. The summed E-state index contributed by atoms with van der Waals surface area (Å²) in [6, 6.07) is 0. The van der Waals surface area contributed by atoms with E-state index in [1.165, 1.54) is 0 Å². The summed E-state index contributed by atoms with van der Waals surface area (Å²) in [5.41, 5.74) is 0. The third kappa shape index (κ3) is 6.12. The van der Waals surface area contributed by atoms with E-state index in [4.69, 9.17) is 9.47 Å². The zero-order valence-corrected chi connectivity index (χ0v) is 7.92. The molecule has 1 N–H and O–H groups in total. The van der Waals surface area contributed by atoms with Crippen molar-refractivity contribution in [3.8, 4) is 0 Å². The van der Waals surface area contributed by atoms with Gasteiger partial charge in [-0.05, 0) is 14.0 Å². The van der Waals surface area contributed by atoms with Gasteiger partial charge in [0.2, 0.25) is 0 Å². The van der Waals surface area contributed by atoms with Crippen LogP contribution in [0.25, 0.3) is 0 Å². The molecule has 0 saturated carbocycles. The molecule has 0 amide bonds. The van der Waals surface area contributed by atoms with E-state index in [1.54, 1.807) is 21.1 Å². The summed E-state index contributed by atoms with van der Waals surface area (Å²) < 4.78 is 9.81. The lowest BCUT2D eigenvalue weighted by Crippen LogP contribution is -2.22. The van der Waals surface area contributed by atoms with E-state index in [0.717, 1.165) is 0 Å². The fourth-order valence-corrected chi connectivity index (χ4v) is 0.779. The summed E-state index contributed by atoms with van der Waals surface area (Å²) >= 11 is 0. The first-order valence-corrected chi connectivity index (χ1v) is 4.03. The molecule has 0 aliphatic carbocycles. The smallest absolute Gasteiger partial charge is 0.307 e. The van der Waals surface area contributed by atoms with E-state index in [0.29, 0.717) is 19.6 Å². The summed E-state index contributed by atoms with van der Waals surface area (Å²) in [4.78, 5) is 11.0. The molecule has 4 heteroatoms. The first-order chi connectivity index (χ1) is 5.70. The Morgan fingerprint density at radius 1 is 1.58 bits per heavy atom. The minimum atomic E-state index is -0.186. The van der Waals surface area contributed by atoms with Gasteiger partial charge in [-0.25, -0.2) is 0 Å². The minimum absolute atomic E-state index is 0.153. The maximum Gasteiger partial charge on any atom is 0.307 e. The molecule has 0 aliphatic rings. The quantitative estimate of drug-likeness (QED) is 0.585. The van der Waals surface area contributed by atoms with Crippen LogP contribution in [0.4, 0.5) is 0 Å². The van der Waals surface area contributed by atoms with Crippen LogP contribution in [-0.2, 0) is 14.3 Å². The number of ether oxygens (including phenoxy) is 2. The van der Waals surface area contributed by atoms with Gasteiger partial charge in [-0.3, -0.25) is 4.79 Å². The van der Waals surface area contributed by atoms with Crippen LogP contribution >= 0.6 is 0 Å². The molecule has 0 fully saturated rings. The number of methoxy groups -OCH3 is 1. The molecule has 0 radical (unpaired) electrons. The normalized spacial score (nSPS) is 12.6. The second-order valence-electron chi connectivity index (χ2n) is 2.61. The SMILES string of the molecule is CNCCC(=O)OC(C)COC. The molecule has 72 valence electrons. The largest absolute Gasteiger partial charge is 0.460 e. The number of hydrogen-bond acceptors (Lipinski definition) is 4. The molecule has 0 aromatic heterocycles. The van der Waals surface area contributed by atoms with Crippen LogP contribution in [0.5, 0.6) is 0 Å². The molecule has 1 unspecified atom stereocenters. The predicted octanol–water partition coefficient (Wildman–Crippen LogP) is 0.174. The monoisotopic (exact) mass is 175 g/mol. The van der Waals surface area contributed by atoms with Crippen molar-refractivity contribution in [2.45, 2.75) is 19.4 Å². The highest BCUT2D eigenvalue weighted by molar-refractivity contribution is 5.69. The average molecular weight is 175 g/mol. The van der Waals surface area contributed by atoms with Crippen molar-refractivity contribution < 1.29 is 14.3 Å². The molecular formula is C8H17NO3. The standard InChI is InChI=1S/C8H17NO3/c1-7(6-11-3)12-8(10)4-5-9-2/h7,9H,4-6H2,1-3H3. The highest BCUT2D eigenvalue weighted by Gasteiger charge is 2.07. The fraction of sp³-hybridized carbons (Fsp3) is 0.875. The van der Waals surface area contributed by atoms with E-state index in [-0.39, 0.29) is 12.1 Å². The van der Waals surface area contributed by atoms with Gasteiger partial charge in [0.15, 0.2) is 0 Å². The summed E-state index contributed by atoms with van der Waals surface area (Å²) in [7, 11) is 3.38. The first kappa shape index (κ1) is 11.4. The molecule has 0 aromatic rings. The molecule has 12 heavy (non-hydrogen) atoms. The lowest BCUT2D eigenvalue weighted by molar-refractivity contribution is -0.150. The second-order valence-corrected chi connectivity index (χ2v) is 2.61. The van der Waals surface area contributed by atoms with Crippen molar-refractivity contribution in [1.29, 1.82) is 0 Å². The van der Waals surface area contributed by atoms with Crippen molar-refractivity contribution >= 4 is 5.97 Å². The fourth-order valence-electron chi connectivity index (χ4n) is 0.779. The highest BCUT2D eigenvalue weighted by Crippen LogP contribution is 1.94. The number of nitrogens with one attached hydrogen (secondary N) is 1. The Labute approximate surface area is 73.2 Å². The van der Waals surface area contributed by atoms with Gasteiger partial charge in [0.05, 0.1) is 13.0 Å². The van der Waals surface area contributed by atoms with E-state index >= 15 is 0 Å². The van der Waals surface area contributed by atoms with Gasteiger partial charge in [0, 0.05) is 13.7 Å². The molecule has 0 heterocycles. The molecular weight excluding hydrogens is 158 g/mol. The van der Waals surface area contributed by atoms with Crippen LogP contribution in [0.15, 0.2) is 0 Å². The summed E-state index contributed by atoms with van der Waals surface area (Å²) in [5.74, 6) is -0.186. The van der Waals surface area contributed by atoms with Crippen molar-refractivity contribution in [2.24, 2.45) is 0 Å². The van der Waals surface area contributed by atoms with Gasteiger partial charge in [0.25, 0.3) is 0 Å². The molecule has 1 atom stereocenters. The number of carbonyl (C=O) groups is 1. The van der Waals surface area contributed by atoms with Gasteiger partial charge in [-0.2, -0.15) is 0 Å². The molecule has 0 spiro atoms. The van der Waals surface area contributed by atoms with Crippen molar-refractivity contribution in [1.82, 2.24) is 5.32 Å². The van der Waals surface area contributed by atoms with E-state index < -0.39 is 0 Å². The molecule has 0 saturated heterocycles. The molecule has 0 aliphatic heterocycles. The van der Waals surface area contributed by atoms with Crippen molar-refractivity contribution in [3.05, 3.63) is 0 Å². The third-order valence-electron chi connectivity index (χ3n) is 1.31. The zero-order chi connectivity index (χ0) is 9.40.